The number of carbonyl (C=O) groups excluding carboxylic acids is 2. The third-order valence-electron chi connectivity index (χ3n) is 6.70. The number of aromatic amines is 1. The second-order valence-electron chi connectivity index (χ2n) is 9.66. The lowest BCUT2D eigenvalue weighted by Gasteiger charge is -2.13. The van der Waals surface area contributed by atoms with Gasteiger partial charge in [0, 0.05) is 15.4 Å². The number of nitrogens with one attached hydrogen (secondary N) is 2. The zero-order valence-electron chi connectivity index (χ0n) is 25.1. The summed E-state index contributed by atoms with van der Waals surface area (Å²) in [5.41, 5.74) is 6.44. The number of hydrazone groups is 1. The number of esters is 1. The Labute approximate surface area is 269 Å². The Balaban J connectivity index is 1.34. The zero-order chi connectivity index (χ0) is 31.8. The number of aromatic nitrogens is 1. The van der Waals surface area contributed by atoms with Crippen molar-refractivity contribution in [3.63, 3.8) is 0 Å². The number of rotatable bonds is 12. The maximum atomic E-state index is 13.3. The van der Waals surface area contributed by atoms with Crippen molar-refractivity contribution in [1.29, 1.82) is 0 Å². The van der Waals surface area contributed by atoms with E-state index in [9.17, 15) is 9.59 Å². The molecule has 0 fully saturated rings. The van der Waals surface area contributed by atoms with Crippen LogP contribution in [0.4, 0.5) is 0 Å². The Morgan fingerprint density at radius 3 is 2.22 bits per heavy atom. The molecule has 230 valence electrons. The van der Waals surface area contributed by atoms with E-state index in [-0.39, 0.29) is 5.75 Å². The number of ether oxygens (including phenoxy) is 4. The van der Waals surface area contributed by atoms with E-state index in [0.717, 1.165) is 26.5 Å². The standard InChI is InChI=1S/C35H32BrN3O6/c1-4-42-27-18-16-24(20-30(27)44-6-3)35(41)45-28-17-15-22(19-29(28)43-5-2)21-37-39-34(40)33-31(23-11-8-7-9-12-23)25-13-10-14-26(36)32(25)38-33/h7-21,38H,4-6H2,1-3H3,(H,39,40). The van der Waals surface area contributed by atoms with Crippen LogP contribution in [0.2, 0.25) is 0 Å². The van der Waals surface area contributed by atoms with E-state index in [1.807, 2.05) is 69.3 Å². The molecule has 0 unspecified atom stereocenters. The Morgan fingerprint density at radius 2 is 1.49 bits per heavy atom. The summed E-state index contributed by atoms with van der Waals surface area (Å²) in [5.74, 6) is 0.632. The van der Waals surface area contributed by atoms with Gasteiger partial charge in [-0.15, -0.1) is 0 Å². The number of hydrogen-bond acceptors (Lipinski definition) is 7. The van der Waals surface area contributed by atoms with Crippen LogP contribution in [-0.4, -0.2) is 42.9 Å². The average molecular weight is 671 g/mol. The Kier molecular flexibility index (Phi) is 10.2. The molecular weight excluding hydrogens is 638 g/mol. The van der Waals surface area contributed by atoms with E-state index in [0.29, 0.717) is 53.9 Å². The zero-order valence-corrected chi connectivity index (χ0v) is 26.6. The third kappa shape index (κ3) is 7.18. The van der Waals surface area contributed by atoms with Crippen LogP contribution < -0.4 is 24.4 Å². The number of para-hydroxylation sites is 1. The van der Waals surface area contributed by atoms with Crippen LogP contribution in [0.5, 0.6) is 23.0 Å². The van der Waals surface area contributed by atoms with E-state index >= 15 is 0 Å². The molecule has 9 nitrogen and oxygen atoms in total. The monoisotopic (exact) mass is 669 g/mol. The molecule has 0 atom stereocenters. The van der Waals surface area contributed by atoms with Crippen LogP contribution >= 0.6 is 15.9 Å². The first-order chi connectivity index (χ1) is 21.9. The summed E-state index contributed by atoms with van der Waals surface area (Å²) in [7, 11) is 0. The lowest BCUT2D eigenvalue weighted by Crippen LogP contribution is -2.18. The number of fused-ring (bicyclic) bond motifs is 1. The first-order valence-corrected chi connectivity index (χ1v) is 15.3. The lowest BCUT2D eigenvalue weighted by molar-refractivity contribution is 0.0727. The first-order valence-electron chi connectivity index (χ1n) is 14.5. The van der Waals surface area contributed by atoms with Gasteiger partial charge in [0.05, 0.1) is 37.1 Å². The molecule has 4 aromatic carbocycles. The third-order valence-corrected chi connectivity index (χ3v) is 7.36. The van der Waals surface area contributed by atoms with Gasteiger partial charge in [-0.3, -0.25) is 4.79 Å². The number of benzene rings is 4. The molecule has 2 N–H and O–H groups in total. The maximum Gasteiger partial charge on any atom is 0.343 e. The minimum Gasteiger partial charge on any atom is -0.490 e. The molecule has 1 amide bonds. The summed E-state index contributed by atoms with van der Waals surface area (Å²) in [6.07, 6.45) is 1.49. The number of halogens is 1. The van der Waals surface area contributed by atoms with Crippen LogP contribution in [-0.2, 0) is 0 Å². The van der Waals surface area contributed by atoms with Crippen molar-refractivity contribution < 1.29 is 28.5 Å². The molecule has 0 aliphatic rings. The van der Waals surface area contributed by atoms with Crippen LogP contribution in [0.15, 0.2) is 94.5 Å². The molecule has 0 spiro atoms. The smallest absolute Gasteiger partial charge is 0.343 e. The van der Waals surface area contributed by atoms with Crippen molar-refractivity contribution >= 4 is 44.9 Å². The number of amides is 1. The first kappa shape index (κ1) is 31.3. The van der Waals surface area contributed by atoms with Gasteiger partial charge in [-0.05, 0) is 90.3 Å². The van der Waals surface area contributed by atoms with Gasteiger partial charge in [0.15, 0.2) is 23.0 Å². The van der Waals surface area contributed by atoms with Crippen molar-refractivity contribution in [3.05, 3.63) is 106 Å². The Hall–Kier alpha value is -5.09. The summed E-state index contributed by atoms with van der Waals surface area (Å²) < 4.78 is 23.5. The molecular formula is C35H32BrN3O6. The second kappa shape index (κ2) is 14.6. The normalized spacial score (nSPS) is 11.0. The van der Waals surface area contributed by atoms with Crippen LogP contribution in [0.3, 0.4) is 0 Å². The number of hydrogen-bond donors (Lipinski definition) is 2. The van der Waals surface area contributed by atoms with E-state index in [1.165, 1.54) is 6.21 Å². The van der Waals surface area contributed by atoms with Crippen LogP contribution in [0, 0.1) is 0 Å². The van der Waals surface area contributed by atoms with Gasteiger partial charge in [-0.25, -0.2) is 10.2 Å². The average Bonchev–Trinajstić information content (AvgIpc) is 3.45. The van der Waals surface area contributed by atoms with Crippen molar-refractivity contribution in [2.45, 2.75) is 20.8 Å². The van der Waals surface area contributed by atoms with Crippen LogP contribution in [0.1, 0.15) is 47.2 Å². The summed E-state index contributed by atoms with van der Waals surface area (Å²) in [5, 5.41) is 5.10. The fourth-order valence-electron chi connectivity index (χ4n) is 4.77. The highest BCUT2D eigenvalue weighted by atomic mass is 79.9. The van der Waals surface area contributed by atoms with Gasteiger partial charge in [0.25, 0.3) is 5.91 Å². The summed E-state index contributed by atoms with van der Waals surface area (Å²) in [6.45, 7) is 6.80. The predicted octanol–water partition coefficient (Wildman–Crippen LogP) is 7.78. The molecule has 10 heteroatoms. The molecule has 1 heterocycles. The number of H-pyrrole nitrogens is 1. The highest BCUT2D eigenvalue weighted by molar-refractivity contribution is 9.10. The predicted molar refractivity (Wildman–Crippen MR) is 178 cm³/mol. The van der Waals surface area contributed by atoms with Gasteiger partial charge >= 0.3 is 5.97 Å². The fraction of sp³-hybridized carbons (Fsp3) is 0.171. The highest BCUT2D eigenvalue weighted by Crippen LogP contribution is 2.36. The molecule has 0 radical (unpaired) electrons. The van der Waals surface area contributed by atoms with Crippen molar-refractivity contribution in [1.82, 2.24) is 10.4 Å². The second-order valence-corrected chi connectivity index (χ2v) is 10.5. The topological polar surface area (TPSA) is 111 Å². The molecule has 0 saturated carbocycles. The molecule has 0 aliphatic carbocycles. The molecule has 5 aromatic rings. The molecule has 0 aliphatic heterocycles. The minimum atomic E-state index is -0.576. The Bertz CT molecular complexity index is 1850. The largest absolute Gasteiger partial charge is 0.490 e. The molecule has 5 rings (SSSR count). The summed E-state index contributed by atoms with van der Waals surface area (Å²) in [4.78, 5) is 29.6. The quantitative estimate of drug-likeness (QED) is 0.0607. The molecule has 0 saturated heterocycles. The van der Waals surface area contributed by atoms with Crippen molar-refractivity contribution in [3.8, 4) is 34.1 Å². The molecule has 45 heavy (non-hydrogen) atoms. The van der Waals surface area contributed by atoms with E-state index in [2.05, 4.69) is 31.4 Å². The minimum absolute atomic E-state index is 0.242. The number of nitrogens with zero attached hydrogens (tertiary/aromatic N) is 1. The SMILES string of the molecule is CCOc1ccc(C(=O)Oc2ccc(C=NNC(=O)c3[nH]c4c(Br)cccc4c3-c3ccccc3)cc2OCC)cc1OCC. The van der Waals surface area contributed by atoms with Gasteiger partial charge in [0.1, 0.15) is 5.69 Å². The van der Waals surface area contributed by atoms with Gasteiger partial charge in [-0.2, -0.15) is 5.10 Å². The fourth-order valence-corrected chi connectivity index (χ4v) is 5.24. The highest BCUT2D eigenvalue weighted by Gasteiger charge is 2.20. The van der Waals surface area contributed by atoms with Gasteiger partial charge < -0.3 is 23.9 Å². The summed E-state index contributed by atoms with van der Waals surface area (Å²) >= 11 is 3.57. The van der Waals surface area contributed by atoms with E-state index in [1.54, 1.807) is 36.4 Å². The van der Waals surface area contributed by atoms with Crippen molar-refractivity contribution in [2.24, 2.45) is 5.10 Å². The lowest BCUT2D eigenvalue weighted by atomic mass is 10.0. The maximum absolute atomic E-state index is 13.3. The molecule has 0 bridgehead atoms. The van der Waals surface area contributed by atoms with Crippen LogP contribution in [0.25, 0.3) is 22.0 Å². The molecule has 1 aromatic heterocycles. The van der Waals surface area contributed by atoms with Crippen molar-refractivity contribution in [2.75, 3.05) is 19.8 Å². The van der Waals surface area contributed by atoms with Gasteiger partial charge in [-0.1, -0.05) is 42.5 Å². The number of carbonyl (C=O) groups is 2. The van der Waals surface area contributed by atoms with Gasteiger partial charge in [0.2, 0.25) is 0 Å². The summed E-state index contributed by atoms with van der Waals surface area (Å²) in [6, 6.07) is 25.4. The Morgan fingerprint density at radius 1 is 0.800 bits per heavy atom. The van der Waals surface area contributed by atoms with E-state index in [4.69, 9.17) is 18.9 Å². The van der Waals surface area contributed by atoms with E-state index < -0.39 is 11.9 Å².